The van der Waals surface area contributed by atoms with Crippen molar-refractivity contribution in [1.29, 1.82) is 0 Å². The van der Waals surface area contributed by atoms with Crippen LogP contribution in [0, 0.1) is 5.82 Å². The third-order valence-electron chi connectivity index (χ3n) is 4.07. The minimum absolute atomic E-state index is 0.0116. The molecule has 1 saturated heterocycles. The molecule has 6 heteroatoms. The number of benzene rings is 1. The lowest BCUT2D eigenvalue weighted by molar-refractivity contribution is -0.131. The molecule has 1 aliphatic heterocycles. The van der Waals surface area contributed by atoms with Gasteiger partial charge in [-0.15, -0.1) is 0 Å². The first kappa shape index (κ1) is 15.0. The quantitative estimate of drug-likeness (QED) is 0.871. The van der Waals surface area contributed by atoms with Crippen LogP contribution in [0.15, 0.2) is 30.6 Å². The minimum atomic E-state index is -0.432. The Morgan fingerprint density at radius 3 is 3.00 bits per heavy atom. The van der Waals surface area contributed by atoms with E-state index in [0.717, 1.165) is 18.4 Å². The number of hydrogen-bond acceptors (Lipinski definition) is 2. The third-order valence-corrected chi connectivity index (χ3v) is 4.43. The van der Waals surface area contributed by atoms with Crippen LogP contribution < -0.4 is 0 Å². The van der Waals surface area contributed by atoms with Crippen molar-refractivity contribution in [2.75, 3.05) is 6.54 Å². The molecule has 0 radical (unpaired) electrons. The van der Waals surface area contributed by atoms with Crippen molar-refractivity contribution in [3.8, 4) is 0 Å². The number of rotatable bonds is 3. The van der Waals surface area contributed by atoms with Crippen molar-refractivity contribution in [3.63, 3.8) is 0 Å². The highest BCUT2D eigenvalue weighted by molar-refractivity contribution is 6.31. The average Bonchev–Trinajstić information content (AvgIpc) is 3.11. The zero-order valence-electron chi connectivity index (χ0n) is 12.3. The number of aryl methyl sites for hydroxylation is 1. The van der Waals surface area contributed by atoms with Gasteiger partial charge in [0.25, 0.3) is 0 Å². The summed E-state index contributed by atoms with van der Waals surface area (Å²) in [6.07, 6.45) is 5.54. The first-order valence-corrected chi connectivity index (χ1v) is 7.65. The Labute approximate surface area is 133 Å². The van der Waals surface area contributed by atoms with Gasteiger partial charge in [-0.05, 0) is 25.0 Å². The number of carbonyl (C=O) groups excluding carboxylic acids is 1. The van der Waals surface area contributed by atoms with Crippen LogP contribution in [0.3, 0.4) is 0 Å². The minimum Gasteiger partial charge on any atom is -0.335 e. The molecule has 1 amide bonds. The van der Waals surface area contributed by atoms with E-state index < -0.39 is 5.82 Å². The Morgan fingerprint density at radius 2 is 2.32 bits per heavy atom. The molecule has 0 aliphatic carbocycles. The van der Waals surface area contributed by atoms with Crippen molar-refractivity contribution < 1.29 is 9.18 Å². The second-order valence-corrected chi connectivity index (χ2v) is 5.98. The molecule has 22 heavy (non-hydrogen) atoms. The van der Waals surface area contributed by atoms with Crippen LogP contribution in [0.1, 0.15) is 30.0 Å². The standard InChI is InChI=1S/C16H17ClFN3O/c1-20-10-11(9-19-20)15-6-3-7-21(15)16(22)8-12-13(17)4-2-5-14(12)18/h2,4-5,9-10,15H,3,6-8H2,1H3/t15-/m1/s1. The number of nitrogens with zero attached hydrogens (tertiary/aromatic N) is 3. The fourth-order valence-electron chi connectivity index (χ4n) is 2.98. The summed E-state index contributed by atoms with van der Waals surface area (Å²) in [5.74, 6) is -0.531. The van der Waals surface area contributed by atoms with Crippen LogP contribution in [0.2, 0.25) is 5.02 Å². The maximum Gasteiger partial charge on any atom is 0.227 e. The monoisotopic (exact) mass is 321 g/mol. The van der Waals surface area contributed by atoms with Gasteiger partial charge in [0.05, 0.1) is 18.7 Å². The molecule has 0 unspecified atom stereocenters. The van der Waals surface area contributed by atoms with Gasteiger partial charge in [0.2, 0.25) is 5.91 Å². The number of halogens is 2. The van der Waals surface area contributed by atoms with E-state index in [0.29, 0.717) is 11.6 Å². The summed E-state index contributed by atoms with van der Waals surface area (Å²) in [4.78, 5) is 14.4. The molecule has 2 heterocycles. The molecule has 1 aromatic carbocycles. The lowest BCUT2D eigenvalue weighted by Crippen LogP contribution is -2.32. The number of hydrogen-bond donors (Lipinski definition) is 0. The normalized spacial score (nSPS) is 18.0. The van der Waals surface area contributed by atoms with E-state index in [1.165, 1.54) is 6.07 Å². The van der Waals surface area contributed by atoms with Crippen LogP contribution in [0.4, 0.5) is 4.39 Å². The summed E-state index contributed by atoms with van der Waals surface area (Å²) >= 11 is 6.01. The van der Waals surface area contributed by atoms with E-state index in [1.807, 2.05) is 13.2 Å². The summed E-state index contributed by atoms with van der Waals surface area (Å²) < 4.78 is 15.6. The van der Waals surface area contributed by atoms with Crippen LogP contribution >= 0.6 is 11.6 Å². The van der Waals surface area contributed by atoms with Crippen LogP contribution in [-0.4, -0.2) is 27.1 Å². The first-order chi connectivity index (χ1) is 10.6. The van der Waals surface area contributed by atoms with Crippen molar-refractivity contribution in [2.45, 2.75) is 25.3 Å². The molecule has 0 saturated carbocycles. The van der Waals surface area contributed by atoms with E-state index in [4.69, 9.17) is 11.6 Å². The van der Waals surface area contributed by atoms with Gasteiger partial charge in [0.1, 0.15) is 5.82 Å². The summed E-state index contributed by atoms with van der Waals surface area (Å²) in [5, 5.41) is 4.46. The molecule has 1 atom stereocenters. The third kappa shape index (κ3) is 2.86. The predicted molar refractivity (Wildman–Crippen MR) is 82.0 cm³/mol. The van der Waals surface area contributed by atoms with E-state index in [9.17, 15) is 9.18 Å². The number of carbonyl (C=O) groups is 1. The Morgan fingerprint density at radius 1 is 1.50 bits per heavy atom. The topological polar surface area (TPSA) is 38.1 Å². The van der Waals surface area contributed by atoms with Gasteiger partial charge in [0, 0.05) is 35.9 Å². The first-order valence-electron chi connectivity index (χ1n) is 7.27. The fraction of sp³-hybridized carbons (Fsp3) is 0.375. The number of amides is 1. The average molecular weight is 322 g/mol. The molecule has 3 rings (SSSR count). The smallest absolute Gasteiger partial charge is 0.227 e. The van der Waals surface area contributed by atoms with Gasteiger partial charge in [-0.1, -0.05) is 17.7 Å². The van der Waals surface area contributed by atoms with Gasteiger partial charge in [-0.25, -0.2) is 4.39 Å². The molecule has 116 valence electrons. The van der Waals surface area contributed by atoms with E-state index in [-0.39, 0.29) is 23.9 Å². The highest BCUT2D eigenvalue weighted by atomic mass is 35.5. The number of likely N-dealkylation sites (tertiary alicyclic amines) is 1. The molecule has 1 aliphatic rings. The summed E-state index contributed by atoms with van der Waals surface area (Å²) in [6.45, 7) is 0.685. The van der Waals surface area contributed by atoms with Crippen molar-refractivity contribution >= 4 is 17.5 Å². The molecule has 1 aromatic heterocycles. The molecule has 1 fully saturated rings. The summed E-state index contributed by atoms with van der Waals surface area (Å²) in [7, 11) is 1.85. The Bertz CT molecular complexity index is 680. The highest BCUT2D eigenvalue weighted by Crippen LogP contribution is 2.32. The maximum absolute atomic E-state index is 13.9. The van der Waals surface area contributed by atoms with E-state index >= 15 is 0 Å². The Hall–Kier alpha value is -1.88. The van der Waals surface area contributed by atoms with Gasteiger partial charge in [0.15, 0.2) is 0 Å². The lowest BCUT2D eigenvalue weighted by Gasteiger charge is -2.24. The van der Waals surface area contributed by atoms with Crippen LogP contribution in [-0.2, 0) is 18.3 Å². The predicted octanol–water partition coefficient (Wildman–Crippen LogP) is 3.12. The van der Waals surface area contributed by atoms with Crippen molar-refractivity contribution in [1.82, 2.24) is 14.7 Å². The fourth-order valence-corrected chi connectivity index (χ4v) is 3.21. The Kier molecular flexibility index (Phi) is 4.16. The van der Waals surface area contributed by atoms with Gasteiger partial charge >= 0.3 is 0 Å². The zero-order valence-corrected chi connectivity index (χ0v) is 13.1. The highest BCUT2D eigenvalue weighted by Gasteiger charge is 2.31. The maximum atomic E-state index is 13.9. The second kappa shape index (κ2) is 6.08. The summed E-state index contributed by atoms with van der Waals surface area (Å²) in [6, 6.07) is 4.50. The van der Waals surface area contributed by atoms with Gasteiger partial charge in [-0.2, -0.15) is 5.10 Å². The van der Waals surface area contributed by atoms with E-state index in [2.05, 4.69) is 5.10 Å². The van der Waals surface area contributed by atoms with Gasteiger partial charge < -0.3 is 4.90 Å². The molecular weight excluding hydrogens is 305 g/mol. The molecular formula is C16H17ClFN3O. The van der Waals surface area contributed by atoms with Crippen LogP contribution in [0.5, 0.6) is 0 Å². The molecule has 0 N–H and O–H groups in total. The SMILES string of the molecule is Cn1cc([C@H]2CCCN2C(=O)Cc2c(F)cccc2Cl)cn1. The Balaban J connectivity index is 1.79. The van der Waals surface area contributed by atoms with E-state index in [1.54, 1.807) is 27.9 Å². The van der Waals surface area contributed by atoms with Crippen LogP contribution in [0.25, 0.3) is 0 Å². The zero-order chi connectivity index (χ0) is 15.7. The summed E-state index contributed by atoms with van der Waals surface area (Å²) in [5.41, 5.74) is 1.29. The number of aromatic nitrogens is 2. The molecule has 0 spiro atoms. The van der Waals surface area contributed by atoms with Crippen molar-refractivity contribution in [2.24, 2.45) is 7.05 Å². The molecule has 0 bridgehead atoms. The molecule has 4 nitrogen and oxygen atoms in total. The van der Waals surface area contributed by atoms with Gasteiger partial charge in [-0.3, -0.25) is 9.48 Å². The largest absolute Gasteiger partial charge is 0.335 e. The molecule has 2 aromatic rings. The lowest BCUT2D eigenvalue weighted by atomic mass is 10.1. The second-order valence-electron chi connectivity index (χ2n) is 5.57. The van der Waals surface area contributed by atoms with Crippen molar-refractivity contribution in [3.05, 3.63) is 52.6 Å².